The molecule has 0 aromatic heterocycles. The molecule has 4 fully saturated rings. The zero-order valence-corrected chi connectivity index (χ0v) is 13.9. The predicted octanol–water partition coefficient (Wildman–Crippen LogP) is 3.22. The van der Waals surface area contributed by atoms with Gasteiger partial charge in [-0.05, 0) is 39.2 Å². The van der Waals surface area contributed by atoms with Crippen molar-refractivity contribution >= 4 is 0 Å². The molecule has 2 heterocycles. The molecule has 0 N–H and O–H groups in total. The van der Waals surface area contributed by atoms with Crippen molar-refractivity contribution in [3.8, 4) is 0 Å². The molecule has 1 spiro atoms. The van der Waals surface area contributed by atoms with Crippen LogP contribution in [-0.4, -0.2) is 49.0 Å². The zero-order valence-electron chi connectivity index (χ0n) is 13.9. The van der Waals surface area contributed by atoms with E-state index in [2.05, 4.69) is 25.8 Å². The van der Waals surface area contributed by atoms with Gasteiger partial charge < -0.3 is 9.47 Å². The Hall–Kier alpha value is -0.120. The van der Waals surface area contributed by atoms with E-state index in [0.717, 1.165) is 19.1 Å². The highest BCUT2D eigenvalue weighted by Crippen LogP contribution is 2.54. The molecule has 2 saturated heterocycles. The highest BCUT2D eigenvalue weighted by molar-refractivity contribution is 5.11. The van der Waals surface area contributed by atoms with Crippen molar-refractivity contribution in [2.75, 3.05) is 20.2 Å². The third kappa shape index (κ3) is 2.19. The summed E-state index contributed by atoms with van der Waals surface area (Å²) in [4.78, 5) is 2.59. The first-order valence-corrected chi connectivity index (χ1v) is 9.02. The Morgan fingerprint density at radius 1 is 1.10 bits per heavy atom. The van der Waals surface area contributed by atoms with Crippen molar-refractivity contribution in [3.05, 3.63) is 0 Å². The van der Waals surface area contributed by atoms with Crippen molar-refractivity contribution in [1.82, 2.24) is 4.90 Å². The lowest BCUT2D eigenvalue weighted by molar-refractivity contribution is -0.157. The van der Waals surface area contributed by atoms with Crippen molar-refractivity contribution in [2.24, 2.45) is 11.3 Å². The fourth-order valence-electron chi connectivity index (χ4n) is 6.04. The van der Waals surface area contributed by atoms with Gasteiger partial charge in [-0.1, -0.05) is 26.7 Å². The van der Waals surface area contributed by atoms with E-state index in [0.29, 0.717) is 23.7 Å². The van der Waals surface area contributed by atoms with Gasteiger partial charge in [-0.3, -0.25) is 4.90 Å². The standard InChI is InChI=1S/C18H31NO2/c1-17(2)15(14-7-11-20-16(14)17)19(3)12-13-6-10-18(21-13)8-4-5-9-18/h13-16H,4-12H2,1-3H3/t13-,14+,15+,16+/m0/s1. The Morgan fingerprint density at radius 2 is 1.86 bits per heavy atom. The number of fused-ring (bicyclic) bond motifs is 1. The topological polar surface area (TPSA) is 21.7 Å². The van der Waals surface area contributed by atoms with Crippen molar-refractivity contribution in [2.45, 2.75) is 82.6 Å². The minimum Gasteiger partial charge on any atom is -0.377 e. The van der Waals surface area contributed by atoms with Crippen molar-refractivity contribution in [1.29, 1.82) is 0 Å². The third-order valence-corrected chi connectivity index (χ3v) is 6.86. The Labute approximate surface area is 129 Å². The highest BCUT2D eigenvalue weighted by atomic mass is 16.5. The fraction of sp³-hybridized carbons (Fsp3) is 1.00. The summed E-state index contributed by atoms with van der Waals surface area (Å²) in [7, 11) is 2.31. The van der Waals surface area contributed by atoms with E-state index in [4.69, 9.17) is 9.47 Å². The highest BCUT2D eigenvalue weighted by Gasteiger charge is 2.60. The molecule has 3 nitrogen and oxygen atoms in total. The Morgan fingerprint density at radius 3 is 2.62 bits per heavy atom. The Kier molecular flexibility index (Phi) is 3.40. The van der Waals surface area contributed by atoms with Crippen LogP contribution in [0.4, 0.5) is 0 Å². The van der Waals surface area contributed by atoms with E-state index in [1.54, 1.807) is 0 Å². The van der Waals surface area contributed by atoms with Gasteiger partial charge in [-0.25, -0.2) is 0 Å². The molecule has 4 atom stereocenters. The van der Waals surface area contributed by atoms with Crippen LogP contribution < -0.4 is 0 Å². The SMILES string of the molecule is CN(C[C@@H]1CCC2(CCCC2)O1)[C@@H]1[C@H]2CCO[C@H]2C1(C)C. The van der Waals surface area contributed by atoms with E-state index < -0.39 is 0 Å². The van der Waals surface area contributed by atoms with Crippen LogP contribution >= 0.6 is 0 Å². The monoisotopic (exact) mass is 293 g/mol. The molecule has 2 aliphatic carbocycles. The van der Waals surface area contributed by atoms with Gasteiger partial charge in [0.1, 0.15) is 0 Å². The first kappa shape index (κ1) is 14.5. The van der Waals surface area contributed by atoms with Gasteiger partial charge >= 0.3 is 0 Å². The molecule has 0 amide bonds. The summed E-state index contributed by atoms with van der Waals surface area (Å²) in [5.41, 5.74) is 0.583. The van der Waals surface area contributed by atoms with Gasteiger partial charge in [0.15, 0.2) is 0 Å². The Balaban J connectivity index is 1.37. The summed E-state index contributed by atoms with van der Waals surface area (Å²) >= 11 is 0. The van der Waals surface area contributed by atoms with Gasteiger partial charge in [0.25, 0.3) is 0 Å². The lowest BCUT2D eigenvalue weighted by atomic mass is 9.57. The Bertz CT molecular complexity index is 402. The minimum absolute atomic E-state index is 0.277. The fourth-order valence-corrected chi connectivity index (χ4v) is 6.04. The smallest absolute Gasteiger partial charge is 0.0710 e. The summed E-state index contributed by atoms with van der Waals surface area (Å²) in [6, 6.07) is 0.675. The summed E-state index contributed by atoms with van der Waals surface area (Å²) in [6.07, 6.45) is 10.1. The molecule has 0 unspecified atom stereocenters. The van der Waals surface area contributed by atoms with Gasteiger partial charge in [0, 0.05) is 30.5 Å². The lowest BCUT2D eigenvalue weighted by Gasteiger charge is -2.58. The molecule has 0 radical (unpaired) electrons. The van der Waals surface area contributed by atoms with Gasteiger partial charge in [0.2, 0.25) is 0 Å². The normalized spacial score (nSPS) is 43.4. The number of likely N-dealkylation sites (N-methyl/N-ethyl adjacent to an activating group) is 1. The molecule has 3 heteroatoms. The maximum absolute atomic E-state index is 6.51. The van der Waals surface area contributed by atoms with Gasteiger partial charge in [-0.2, -0.15) is 0 Å². The largest absolute Gasteiger partial charge is 0.377 e. The van der Waals surface area contributed by atoms with Crippen molar-refractivity contribution < 1.29 is 9.47 Å². The van der Waals surface area contributed by atoms with E-state index in [1.165, 1.54) is 44.9 Å². The molecule has 120 valence electrons. The lowest BCUT2D eigenvalue weighted by Crippen LogP contribution is -2.66. The third-order valence-electron chi connectivity index (χ3n) is 6.86. The molecule has 2 saturated carbocycles. The second-order valence-electron chi connectivity index (χ2n) is 8.62. The second-order valence-corrected chi connectivity index (χ2v) is 8.62. The van der Waals surface area contributed by atoms with Gasteiger partial charge in [0.05, 0.1) is 17.8 Å². The van der Waals surface area contributed by atoms with Crippen molar-refractivity contribution in [3.63, 3.8) is 0 Å². The molecular weight excluding hydrogens is 262 g/mol. The van der Waals surface area contributed by atoms with Crippen LogP contribution in [0.3, 0.4) is 0 Å². The maximum atomic E-state index is 6.51. The summed E-state index contributed by atoms with van der Waals surface area (Å²) in [5.74, 6) is 0.756. The number of nitrogens with zero attached hydrogens (tertiary/aromatic N) is 1. The summed E-state index contributed by atoms with van der Waals surface area (Å²) in [5, 5.41) is 0. The summed E-state index contributed by atoms with van der Waals surface area (Å²) < 4.78 is 12.4. The summed E-state index contributed by atoms with van der Waals surface area (Å²) in [6.45, 7) is 6.84. The molecule has 21 heavy (non-hydrogen) atoms. The quantitative estimate of drug-likeness (QED) is 0.797. The van der Waals surface area contributed by atoms with Crippen LogP contribution in [-0.2, 0) is 9.47 Å². The van der Waals surface area contributed by atoms with E-state index in [1.807, 2.05) is 0 Å². The van der Waals surface area contributed by atoms with Crippen LogP contribution in [0, 0.1) is 11.3 Å². The average molecular weight is 293 g/mol. The molecular formula is C18H31NO2. The molecule has 4 rings (SSSR count). The van der Waals surface area contributed by atoms with Crippen LogP contribution in [0.5, 0.6) is 0 Å². The molecule has 2 aliphatic heterocycles. The van der Waals surface area contributed by atoms with E-state index >= 15 is 0 Å². The predicted molar refractivity (Wildman–Crippen MR) is 83.4 cm³/mol. The first-order chi connectivity index (χ1) is 10.0. The number of hydrogen-bond acceptors (Lipinski definition) is 3. The number of ether oxygens (including phenoxy) is 2. The molecule has 0 aromatic rings. The maximum Gasteiger partial charge on any atom is 0.0710 e. The molecule has 0 bridgehead atoms. The van der Waals surface area contributed by atoms with E-state index in [9.17, 15) is 0 Å². The zero-order chi connectivity index (χ0) is 14.7. The van der Waals surface area contributed by atoms with Crippen LogP contribution in [0.1, 0.15) is 58.8 Å². The number of hydrogen-bond donors (Lipinski definition) is 0. The molecule has 0 aromatic carbocycles. The van der Waals surface area contributed by atoms with Crippen LogP contribution in [0.2, 0.25) is 0 Å². The van der Waals surface area contributed by atoms with Crippen LogP contribution in [0.15, 0.2) is 0 Å². The average Bonchev–Trinajstić information content (AvgIpc) is 3.12. The van der Waals surface area contributed by atoms with E-state index in [-0.39, 0.29) is 5.60 Å². The minimum atomic E-state index is 0.277. The number of rotatable bonds is 3. The van der Waals surface area contributed by atoms with Gasteiger partial charge in [-0.15, -0.1) is 0 Å². The second kappa shape index (κ2) is 4.94. The molecule has 4 aliphatic rings. The van der Waals surface area contributed by atoms with Crippen LogP contribution in [0.25, 0.3) is 0 Å². The first-order valence-electron chi connectivity index (χ1n) is 9.02.